The number of ether oxygens (including phenoxy) is 1. The van der Waals surface area contributed by atoms with Crippen LogP contribution in [0.5, 0.6) is 0 Å². The molecule has 0 saturated carbocycles. The zero-order chi connectivity index (χ0) is 25.2. The first kappa shape index (κ1) is 24.8. The fourth-order valence-electron chi connectivity index (χ4n) is 4.33. The first-order valence-electron chi connectivity index (χ1n) is 11.6. The highest BCUT2D eigenvalue weighted by molar-refractivity contribution is 7.92. The van der Waals surface area contributed by atoms with Crippen molar-refractivity contribution < 1.29 is 17.9 Å². The Morgan fingerprint density at radius 1 is 0.886 bits per heavy atom. The van der Waals surface area contributed by atoms with Crippen LogP contribution in [0, 0.1) is 27.7 Å². The molecule has 2 N–H and O–H groups in total. The highest BCUT2D eigenvalue weighted by Gasteiger charge is 2.24. The van der Waals surface area contributed by atoms with Gasteiger partial charge in [0.25, 0.3) is 15.9 Å². The normalized spacial score (nSPS) is 14.0. The van der Waals surface area contributed by atoms with Gasteiger partial charge in [0.15, 0.2) is 0 Å². The molecule has 4 rings (SSSR count). The molecule has 184 valence electrons. The summed E-state index contributed by atoms with van der Waals surface area (Å²) in [5.74, 6) is -0.392. The number of hydrogen-bond acceptors (Lipinski definition) is 5. The molecule has 0 atom stereocenters. The topological polar surface area (TPSA) is 87.7 Å². The van der Waals surface area contributed by atoms with Crippen molar-refractivity contribution in [2.24, 2.45) is 0 Å². The van der Waals surface area contributed by atoms with Gasteiger partial charge >= 0.3 is 0 Å². The summed E-state index contributed by atoms with van der Waals surface area (Å²) in [5.41, 5.74) is 5.37. The lowest BCUT2D eigenvalue weighted by atomic mass is 10.0. The Bertz CT molecular complexity index is 1320. The molecule has 0 aliphatic carbocycles. The second kappa shape index (κ2) is 10.1. The standard InChI is InChI=1S/C27H31N3O4S/c1-18-17-19(2)21(4)26(20(18)3)35(32,33)29-25-8-6-5-7-24(25)27(31)28-22-9-11-23(12-10-22)30-13-15-34-16-14-30/h5-12,17,29H,13-16H2,1-4H3,(H,28,31). The molecule has 3 aromatic rings. The van der Waals surface area contributed by atoms with Crippen LogP contribution in [-0.4, -0.2) is 40.6 Å². The van der Waals surface area contributed by atoms with E-state index in [1.165, 1.54) is 0 Å². The summed E-state index contributed by atoms with van der Waals surface area (Å²) in [7, 11) is -3.91. The van der Waals surface area contributed by atoms with Crippen LogP contribution in [0.15, 0.2) is 59.5 Å². The molecule has 1 aliphatic heterocycles. The molecule has 0 radical (unpaired) electrons. The smallest absolute Gasteiger partial charge is 0.262 e. The Morgan fingerprint density at radius 2 is 1.49 bits per heavy atom. The van der Waals surface area contributed by atoms with Gasteiger partial charge in [-0.2, -0.15) is 0 Å². The molecular formula is C27H31N3O4S. The third-order valence-electron chi connectivity index (χ3n) is 6.48. The Balaban J connectivity index is 1.56. The van der Waals surface area contributed by atoms with Crippen molar-refractivity contribution in [3.8, 4) is 0 Å². The highest BCUT2D eigenvalue weighted by Crippen LogP contribution is 2.29. The number of amides is 1. The summed E-state index contributed by atoms with van der Waals surface area (Å²) >= 11 is 0. The molecule has 8 heteroatoms. The Hall–Kier alpha value is -3.36. The van der Waals surface area contributed by atoms with Gasteiger partial charge < -0.3 is 15.0 Å². The van der Waals surface area contributed by atoms with Crippen LogP contribution in [0.3, 0.4) is 0 Å². The summed E-state index contributed by atoms with van der Waals surface area (Å²) in [4.78, 5) is 15.6. The van der Waals surface area contributed by atoms with Crippen LogP contribution in [0.4, 0.5) is 17.1 Å². The lowest BCUT2D eigenvalue weighted by molar-refractivity contribution is 0.102. The van der Waals surface area contributed by atoms with Gasteiger partial charge in [0.1, 0.15) is 0 Å². The number of nitrogens with zero attached hydrogens (tertiary/aromatic N) is 1. The van der Waals surface area contributed by atoms with Crippen LogP contribution in [0.1, 0.15) is 32.6 Å². The van der Waals surface area contributed by atoms with Crippen LogP contribution in [0.25, 0.3) is 0 Å². The minimum atomic E-state index is -3.91. The van der Waals surface area contributed by atoms with Crippen molar-refractivity contribution >= 4 is 33.0 Å². The lowest BCUT2D eigenvalue weighted by Gasteiger charge is -2.28. The van der Waals surface area contributed by atoms with Gasteiger partial charge in [-0.05, 0) is 86.3 Å². The van der Waals surface area contributed by atoms with Gasteiger partial charge in [0, 0.05) is 24.5 Å². The predicted octanol–water partition coefficient (Wildman–Crippen LogP) is 4.81. The van der Waals surface area contributed by atoms with Gasteiger partial charge in [0.2, 0.25) is 0 Å². The van der Waals surface area contributed by atoms with Crippen LogP contribution in [0.2, 0.25) is 0 Å². The quantitative estimate of drug-likeness (QED) is 0.515. The van der Waals surface area contributed by atoms with Crippen molar-refractivity contribution in [2.45, 2.75) is 32.6 Å². The molecule has 35 heavy (non-hydrogen) atoms. The van der Waals surface area contributed by atoms with Gasteiger partial charge in [-0.15, -0.1) is 0 Å². The molecule has 0 bridgehead atoms. The summed E-state index contributed by atoms with van der Waals surface area (Å²) < 4.78 is 34.9. The van der Waals surface area contributed by atoms with Crippen LogP contribution in [-0.2, 0) is 14.8 Å². The van der Waals surface area contributed by atoms with Gasteiger partial charge in [0.05, 0.1) is 29.4 Å². The number of hydrogen-bond donors (Lipinski definition) is 2. The Kier molecular flexibility index (Phi) is 7.14. The van der Waals surface area contributed by atoms with Crippen LogP contribution < -0.4 is 14.9 Å². The van der Waals surface area contributed by atoms with Crippen molar-refractivity contribution in [1.29, 1.82) is 0 Å². The zero-order valence-electron chi connectivity index (χ0n) is 20.5. The second-order valence-corrected chi connectivity index (χ2v) is 10.5. The molecular weight excluding hydrogens is 462 g/mol. The average Bonchev–Trinajstić information content (AvgIpc) is 2.84. The molecule has 7 nitrogen and oxygen atoms in total. The van der Waals surface area contributed by atoms with E-state index in [2.05, 4.69) is 14.9 Å². The molecule has 0 aromatic heterocycles. The van der Waals surface area contributed by atoms with E-state index in [1.54, 1.807) is 38.1 Å². The van der Waals surface area contributed by atoms with Gasteiger partial charge in [-0.1, -0.05) is 18.2 Å². The fraction of sp³-hybridized carbons (Fsp3) is 0.296. The van der Waals surface area contributed by atoms with Crippen LogP contribution >= 0.6 is 0 Å². The number of carbonyl (C=O) groups is 1. The zero-order valence-corrected chi connectivity index (χ0v) is 21.3. The van der Waals surface area contributed by atoms with E-state index in [9.17, 15) is 13.2 Å². The fourth-order valence-corrected chi connectivity index (χ4v) is 6.02. The van der Waals surface area contributed by atoms with E-state index >= 15 is 0 Å². The first-order valence-corrected chi connectivity index (χ1v) is 13.1. The van der Waals surface area contributed by atoms with Gasteiger partial charge in [-0.25, -0.2) is 8.42 Å². The Morgan fingerprint density at radius 3 is 2.11 bits per heavy atom. The molecule has 0 unspecified atom stereocenters. The number of nitrogens with one attached hydrogen (secondary N) is 2. The maximum atomic E-state index is 13.4. The maximum absolute atomic E-state index is 13.4. The highest BCUT2D eigenvalue weighted by atomic mass is 32.2. The SMILES string of the molecule is Cc1cc(C)c(C)c(S(=O)(=O)Nc2ccccc2C(=O)Nc2ccc(N3CCOCC3)cc2)c1C. The maximum Gasteiger partial charge on any atom is 0.262 e. The number of morpholine rings is 1. The second-order valence-electron chi connectivity index (χ2n) is 8.84. The van der Waals surface area contributed by atoms with E-state index in [4.69, 9.17) is 4.74 Å². The number of carbonyl (C=O) groups excluding carboxylic acids is 1. The van der Waals surface area contributed by atoms with Crippen molar-refractivity contribution in [2.75, 3.05) is 41.2 Å². The third-order valence-corrected chi connectivity index (χ3v) is 8.12. The molecule has 1 amide bonds. The van der Waals surface area contributed by atoms with E-state index < -0.39 is 15.9 Å². The summed E-state index contributed by atoms with van der Waals surface area (Å²) in [6.45, 7) is 10.5. The van der Waals surface area contributed by atoms with Crippen molar-refractivity contribution in [3.05, 3.63) is 82.4 Å². The number of aryl methyl sites for hydroxylation is 2. The minimum absolute atomic E-state index is 0.230. The van der Waals surface area contributed by atoms with E-state index in [0.717, 1.165) is 29.9 Å². The largest absolute Gasteiger partial charge is 0.378 e. The average molecular weight is 494 g/mol. The van der Waals surface area contributed by atoms with Crippen molar-refractivity contribution in [1.82, 2.24) is 0 Å². The molecule has 1 heterocycles. The monoisotopic (exact) mass is 493 g/mol. The van der Waals surface area contributed by atoms with Crippen molar-refractivity contribution in [3.63, 3.8) is 0 Å². The molecule has 1 aliphatic rings. The van der Waals surface area contributed by atoms with E-state index in [1.807, 2.05) is 44.2 Å². The number of sulfonamides is 1. The molecule has 1 fully saturated rings. The molecule has 0 spiro atoms. The van der Waals surface area contributed by atoms with E-state index in [-0.39, 0.29) is 16.1 Å². The predicted molar refractivity (Wildman–Crippen MR) is 140 cm³/mol. The number of para-hydroxylation sites is 1. The summed E-state index contributed by atoms with van der Waals surface area (Å²) in [6, 6.07) is 16.2. The van der Waals surface area contributed by atoms with Gasteiger partial charge in [-0.3, -0.25) is 9.52 Å². The summed E-state index contributed by atoms with van der Waals surface area (Å²) in [6.07, 6.45) is 0. The molecule has 1 saturated heterocycles. The number of anilines is 3. The number of benzene rings is 3. The number of rotatable bonds is 6. The lowest BCUT2D eigenvalue weighted by Crippen LogP contribution is -2.36. The first-order chi connectivity index (χ1) is 16.7. The van der Waals surface area contributed by atoms with E-state index in [0.29, 0.717) is 30.0 Å². The molecule has 3 aromatic carbocycles. The summed E-state index contributed by atoms with van der Waals surface area (Å²) in [5, 5.41) is 2.88. The minimum Gasteiger partial charge on any atom is -0.378 e. The third kappa shape index (κ3) is 5.33. The Labute approximate surface area is 207 Å².